The number of rotatable bonds is 2. The maximum absolute atomic E-state index is 12.3. The van der Waals surface area contributed by atoms with Crippen molar-refractivity contribution in [2.24, 2.45) is 5.73 Å². The Hall–Kier alpha value is -1.23. The third kappa shape index (κ3) is 1.92. The van der Waals surface area contributed by atoms with Gasteiger partial charge in [-0.2, -0.15) is 0 Å². The van der Waals surface area contributed by atoms with Crippen molar-refractivity contribution in [2.75, 3.05) is 0 Å². The van der Waals surface area contributed by atoms with Crippen molar-refractivity contribution in [3.8, 4) is 0 Å². The molecule has 1 heterocycles. The van der Waals surface area contributed by atoms with E-state index in [0.29, 0.717) is 11.3 Å². The van der Waals surface area contributed by atoms with Crippen LogP contribution in [0, 0.1) is 6.92 Å². The summed E-state index contributed by atoms with van der Waals surface area (Å²) in [5.74, 6) is 0. The van der Waals surface area contributed by atoms with E-state index in [4.69, 9.17) is 5.73 Å². The monoisotopic (exact) mass is 188 g/mol. The molecule has 13 heavy (non-hydrogen) atoms. The minimum atomic E-state index is -2.63. The second kappa shape index (κ2) is 3.66. The highest BCUT2D eigenvalue weighted by Gasteiger charge is 2.13. The second-order valence-electron chi connectivity index (χ2n) is 2.70. The number of hydrogen-bond acceptors (Lipinski definition) is 2. The molecule has 0 spiro atoms. The van der Waals surface area contributed by atoms with Gasteiger partial charge >= 0.3 is 0 Å². The number of H-pyrrole nitrogens is 1. The molecule has 0 fully saturated rings. The van der Waals surface area contributed by atoms with Crippen LogP contribution in [0.15, 0.2) is 10.9 Å². The standard InChI is InChI=1S/C8H10F2N2O/c1-4-5(8(9)10)2-7(13)12-6(4)3-11/h2,8H,3,11H2,1H3,(H,12,13). The largest absolute Gasteiger partial charge is 0.325 e. The summed E-state index contributed by atoms with van der Waals surface area (Å²) in [5.41, 5.74) is 5.21. The fourth-order valence-electron chi connectivity index (χ4n) is 1.13. The van der Waals surface area contributed by atoms with Gasteiger partial charge in [-0.25, -0.2) is 8.78 Å². The summed E-state index contributed by atoms with van der Waals surface area (Å²) in [5, 5.41) is 0. The Balaban J connectivity index is 3.36. The van der Waals surface area contributed by atoms with E-state index in [1.807, 2.05) is 0 Å². The highest BCUT2D eigenvalue weighted by atomic mass is 19.3. The van der Waals surface area contributed by atoms with Crippen molar-refractivity contribution >= 4 is 0 Å². The van der Waals surface area contributed by atoms with Crippen molar-refractivity contribution in [2.45, 2.75) is 19.9 Å². The van der Waals surface area contributed by atoms with E-state index in [2.05, 4.69) is 4.98 Å². The predicted octanol–water partition coefficient (Wildman–Crippen LogP) is 1.08. The molecule has 0 saturated carbocycles. The first-order chi connectivity index (χ1) is 6.06. The van der Waals surface area contributed by atoms with Crippen LogP contribution in [0.4, 0.5) is 8.78 Å². The van der Waals surface area contributed by atoms with E-state index < -0.39 is 12.0 Å². The van der Waals surface area contributed by atoms with Gasteiger partial charge < -0.3 is 10.7 Å². The first-order valence-corrected chi connectivity index (χ1v) is 3.77. The molecule has 0 radical (unpaired) electrons. The molecular formula is C8H10F2N2O. The Labute approximate surface area is 73.6 Å². The highest BCUT2D eigenvalue weighted by molar-refractivity contribution is 5.29. The molecule has 0 bridgehead atoms. The molecular weight excluding hydrogens is 178 g/mol. The van der Waals surface area contributed by atoms with Gasteiger partial charge in [-0.15, -0.1) is 0 Å². The van der Waals surface area contributed by atoms with Crippen molar-refractivity contribution in [1.82, 2.24) is 4.98 Å². The molecule has 0 saturated heterocycles. The summed E-state index contributed by atoms with van der Waals surface area (Å²) in [6, 6.07) is 0.902. The number of nitrogens with one attached hydrogen (secondary N) is 1. The molecule has 3 nitrogen and oxygen atoms in total. The number of alkyl halides is 2. The van der Waals surface area contributed by atoms with Gasteiger partial charge in [-0.1, -0.05) is 0 Å². The number of hydrogen-bond donors (Lipinski definition) is 2. The molecule has 5 heteroatoms. The van der Waals surface area contributed by atoms with Crippen LogP contribution in [-0.4, -0.2) is 4.98 Å². The number of halogens is 2. The first kappa shape index (κ1) is 9.85. The zero-order chi connectivity index (χ0) is 10.0. The summed E-state index contributed by atoms with van der Waals surface area (Å²) in [7, 11) is 0. The maximum atomic E-state index is 12.3. The lowest BCUT2D eigenvalue weighted by atomic mass is 10.1. The molecule has 0 aliphatic heterocycles. The summed E-state index contributed by atoms with van der Waals surface area (Å²) in [6.45, 7) is 1.57. The van der Waals surface area contributed by atoms with Crippen LogP contribution in [0.5, 0.6) is 0 Å². The molecule has 0 atom stereocenters. The molecule has 0 amide bonds. The molecule has 0 aliphatic rings. The van der Waals surface area contributed by atoms with Gasteiger partial charge in [0.05, 0.1) is 0 Å². The van der Waals surface area contributed by atoms with E-state index in [0.717, 1.165) is 6.07 Å². The average molecular weight is 188 g/mol. The van der Waals surface area contributed by atoms with Crippen LogP contribution in [0.2, 0.25) is 0 Å². The third-order valence-corrected chi connectivity index (χ3v) is 1.89. The van der Waals surface area contributed by atoms with Crippen molar-refractivity contribution < 1.29 is 8.78 Å². The van der Waals surface area contributed by atoms with Gasteiger partial charge in [0.15, 0.2) is 0 Å². The number of aromatic amines is 1. The lowest BCUT2D eigenvalue weighted by molar-refractivity contribution is 0.150. The minimum Gasteiger partial charge on any atom is -0.325 e. The van der Waals surface area contributed by atoms with Crippen LogP contribution in [-0.2, 0) is 6.54 Å². The van der Waals surface area contributed by atoms with E-state index in [1.54, 1.807) is 0 Å². The molecule has 72 valence electrons. The van der Waals surface area contributed by atoms with E-state index in [9.17, 15) is 13.6 Å². The van der Waals surface area contributed by atoms with E-state index >= 15 is 0 Å². The number of aromatic nitrogens is 1. The van der Waals surface area contributed by atoms with Gasteiger partial charge in [0.25, 0.3) is 6.43 Å². The van der Waals surface area contributed by atoms with Crippen molar-refractivity contribution in [3.05, 3.63) is 33.2 Å². The number of pyridine rings is 1. The van der Waals surface area contributed by atoms with Gasteiger partial charge in [0, 0.05) is 23.9 Å². The van der Waals surface area contributed by atoms with E-state index in [-0.39, 0.29) is 12.1 Å². The van der Waals surface area contributed by atoms with Crippen LogP contribution in [0.25, 0.3) is 0 Å². The predicted molar refractivity (Wildman–Crippen MR) is 44.6 cm³/mol. The Bertz CT molecular complexity index is 360. The van der Waals surface area contributed by atoms with Gasteiger partial charge in [-0.05, 0) is 12.5 Å². The Kier molecular flexibility index (Phi) is 2.77. The molecule has 1 rings (SSSR count). The zero-order valence-electron chi connectivity index (χ0n) is 7.10. The Morgan fingerprint density at radius 2 is 2.23 bits per heavy atom. The SMILES string of the molecule is Cc1c(C(F)F)cc(=O)[nH]c1CN. The van der Waals surface area contributed by atoms with Crippen LogP contribution in [0.3, 0.4) is 0 Å². The summed E-state index contributed by atoms with van der Waals surface area (Å²) in [4.78, 5) is 13.3. The topological polar surface area (TPSA) is 58.9 Å². The van der Waals surface area contributed by atoms with Crippen molar-refractivity contribution in [3.63, 3.8) is 0 Å². The van der Waals surface area contributed by atoms with Gasteiger partial charge in [0.1, 0.15) is 0 Å². The van der Waals surface area contributed by atoms with Crippen LogP contribution < -0.4 is 11.3 Å². The normalized spacial score (nSPS) is 10.8. The fourth-order valence-corrected chi connectivity index (χ4v) is 1.13. The zero-order valence-corrected chi connectivity index (χ0v) is 7.10. The summed E-state index contributed by atoms with van der Waals surface area (Å²) >= 11 is 0. The quantitative estimate of drug-likeness (QED) is 0.729. The van der Waals surface area contributed by atoms with Crippen molar-refractivity contribution in [1.29, 1.82) is 0 Å². The Morgan fingerprint density at radius 1 is 1.62 bits per heavy atom. The lowest BCUT2D eigenvalue weighted by Crippen LogP contribution is -2.15. The lowest BCUT2D eigenvalue weighted by Gasteiger charge is -2.07. The number of nitrogens with two attached hydrogens (primary N) is 1. The van der Waals surface area contributed by atoms with E-state index in [1.165, 1.54) is 6.92 Å². The van der Waals surface area contributed by atoms with Gasteiger partial charge in [-0.3, -0.25) is 4.79 Å². The molecule has 1 aromatic rings. The summed E-state index contributed by atoms with van der Waals surface area (Å²) in [6.07, 6.45) is -2.63. The molecule has 0 unspecified atom stereocenters. The fraction of sp³-hybridized carbons (Fsp3) is 0.375. The van der Waals surface area contributed by atoms with Crippen LogP contribution >= 0.6 is 0 Å². The maximum Gasteiger partial charge on any atom is 0.264 e. The third-order valence-electron chi connectivity index (χ3n) is 1.89. The van der Waals surface area contributed by atoms with Crippen LogP contribution in [0.1, 0.15) is 23.2 Å². The summed E-state index contributed by atoms with van der Waals surface area (Å²) < 4.78 is 24.7. The average Bonchev–Trinajstić information content (AvgIpc) is 2.08. The Morgan fingerprint density at radius 3 is 2.69 bits per heavy atom. The molecule has 0 aliphatic carbocycles. The smallest absolute Gasteiger partial charge is 0.264 e. The minimum absolute atomic E-state index is 0.0572. The second-order valence-corrected chi connectivity index (χ2v) is 2.70. The highest BCUT2D eigenvalue weighted by Crippen LogP contribution is 2.21. The molecule has 3 N–H and O–H groups in total. The molecule has 0 aromatic carbocycles. The molecule has 1 aromatic heterocycles. The first-order valence-electron chi connectivity index (χ1n) is 3.77. The van der Waals surface area contributed by atoms with Gasteiger partial charge in [0.2, 0.25) is 5.56 Å².